The fourth-order valence-corrected chi connectivity index (χ4v) is 4.69. The second-order valence-electron chi connectivity index (χ2n) is 9.22. The first-order valence-corrected chi connectivity index (χ1v) is 12.1. The third kappa shape index (κ3) is 4.69. The average molecular weight is 454 g/mol. The minimum absolute atomic E-state index is 0.0880. The van der Waals surface area contributed by atoms with E-state index in [2.05, 4.69) is 60.9 Å². The van der Waals surface area contributed by atoms with Gasteiger partial charge in [0.15, 0.2) is 0 Å². The number of para-hydroxylation sites is 2. The van der Waals surface area contributed by atoms with Crippen LogP contribution in [-0.2, 0) is 11.3 Å². The molecule has 4 aromatic rings. The molecule has 2 heterocycles. The van der Waals surface area contributed by atoms with Gasteiger partial charge in [0.2, 0.25) is 5.91 Å². The van der Waals surface area contributed by atoms with Gasteiger partial charge in [-0.05, 0) is 63.1 Å². The zero-order valence-electron chi connectivity index (χ0n) is 19.9. The van der Waals surface area contributed by atoms with Crippen molar-refractivity contribution in [1.82, 2.24) is 9.55 Å². The molecule has 1 aromatic heterocycles. The van der Waals surface area contributed by atoms with E-state index in [0.717, 1.165) is 47.7 Å². The van der Waals surface area contributed by atoms with Crippen molar-refractivity contribution < 1.29 is 9.53 Å². The minimum Gasteiger partial charge on any atom is -0.494 e. The van der Waals surface area contributed by atoms with Crippen LogP contribution in [0, 0.1) is 13.8 Å². The highest BCUT2D eigenvalue weighted by Gasteiger charge is 2.34. The highest BCUT2D eigenvalue weighted by molar-refractivity contribution is 5.96. The number of nitrogens with zero attached hydrogens (tertiary/aromatic N) is 3. The van der Waals surface area contributed by atoms with E-state index in [9.17, 15) is 4.79 Å². The lowest BCUT2D eigenvalue weighted by molar-refractivity contribution is -0.117. The second-order valence-corrected chi connectivity index (χ2v) is 9.22. The fourth-order valence-electron chi connectivity index (χ4n) is 4.69. The van der Waals surface area contributed by atoms with Crippen LogP contribution >= 0.6 is 0 Å². The van der Waals surface area contributed by atoms with Crippen molar-refractivity contribution in [3.8, 4) is 5.75 Å². The highest BCUT2D eigenvalue weighted by atomic mass is 16.5. The van der Waals surface area contributed by atoms with E-state index in [1.807, 2.05) is 35.2 Å². The molecule has 5 nitrogen and oxygen atoms in total. The van der Waals surface area contributed by atoms with Gasteiger partial charge in [-0.2, -0.15) is 0 Å². The molecule has 0 radical (unpaired) electrons. The second kappa shape index (κ2) is 9.72. The summed E-state index contributed by atoms with van der Waals surface area (Å²) in [5.74, 6) is 2.19. The molecular weight excluding hydrogens is 422 g/mol. The van der Waals surface area contributed by atoms with E-state index >= 15 is 0 Å². The van der Waals surface area contributed by atoms with Crippen molar-refractivity contribution in [2.75, 3.05) is 18.1 Å². The Kier molecular flexibility index (Phi) is 6.35. The Labute approximate surface area is 201 Å². The maximum absolute atomic E-state index is 12.9. The highest BCUT2D eigenvalue weighted by Crippen LogP contribution is 2.33. The number of ether oxygens (including phenoxy) is 1. The lowest BCUT2D eigenvalue weighted by Crippen LogP contribution is -2.24. The summed E-state index contributed by atoms with van der Waals surface area (Å²) in [6, 6.07) is 24.6. The Morgan fingerprint density at radius 3 is 2.38 bits per heavy atom. The summed E-state index contributed by atoms with van der Waals surface area (Å²) in [7, 11) is 0. The Balaban J connectivity index is 1.28. The van der Waals surface area contributed by atoms with Crippen molar-refractivity contribution in [2.45, 2.75) is 45.6 Å². The van der Waals surface area contributed by atoms with Crippen LogP contribution in [0.4, 0.5) is 5.69 Å². The van der Waals surface area contributed by atoms with Crippen molar-refractivity contribution in [3.63, 3.8) is 0 Å². The number of anilines is 1. The average Bonchev–Trinajstić information content (AvgIpc) is 3.41. The Hall–Kier alpha value is -3.60. The Morgan fingerprint density at radius 1 is 0.912 bits per heavy atom. The van der Waals surface area contributed by atoms with Gasteiger partial charge in [0.25, 0.3) is 0 Å². The fraction of sp³-hybridized carbons (Fsp3) is 0.310. The van der Waals surface area contributed by atoms with Gasteiger partial charge in [-0.1, -0.05) is 47.5 Å². The third-order valence-electron chi connectivity index (χ3n) is 6.59. The van der Waals surface area contributed by atoms with Crippen molar-refractivity contribution >= 4 is 22.6 Å². The Morgan fingerprint density at radius 2 is 1.62 bits per heavy atom. The van der Waals surface area contributed by atoms with Gasteiger partial charge in [-0.15, -0.1) is 0 Å². The zero-order chi connectivity index (χ0) is 23.5. The summed E-state index contributed by atoms with van der Waals surface area (Å²) in [5.41, 5.74) is 5.53. The topological polar surface area (TPSA) is 47.4 Å². The molecule has 1 fully saturated rings. The molecule has 1 atom stereocenters. The van der Waals surface area contributed by atoms with Crippen LogP contribution in [-0.4, -0.2) is 28.6 Å². The van der Waals surface area contributed by atoms with Gasteiger partial charge in [0.05, 0.1) is 17.6 Å². The molecule has 1 amide bonds. The molecule has 5 heteroatoms. The maximum atomic E-state index is 12.9. The molecule has 0 bridgehead atoms. The molecule has 3 aromatic carbocycles. The van der Waals surface area contributed by atoms with E-state index in [0.29, 0.717) is 19.6 Å². The predicted molar refractivity (Wildman–Crippen MR) is 137 cm³/mol. The molecule has 34 heavy (non-hydrogen) atoms. The number of amides is 1. The first-order chi connectivity index (χ1) is 16.6. The van der Waals surface area contributed by atoms with E-state index in [1.165, 1.54) is 11.1 Å². The van der Waals surface area contributed by atoms with Crippen LogP contribution in [0.3, 0.4) is 0 Å². The van der Waals surface area contributed by atoms with Gasteiger partial charge in [-0.3, -0.25) is 4.79 Å². The summed E-state index contributed by atoms with van der Waals surface area (Å²) in [5, 5.41) is 0. The number of aryl methyl sites for hydroxylation is 3. The van der Waals surface area contributed by atoms with E-state index in [1.54, 1.807) is 0 Å². The van der Waals surface area contributed by atoms with Crippen LogP contribution < -0.4 is 9.64 Å². The number of fused-ring (bicyclic) bond motifs is 1. The number of carbonyl (C=O) groups excluding carboxylic acids is 1. The van der Waals surface area contributed by atoms with Crippen LogP contribution in [0.5, 0.6) is 5.75 Å². The smallest absolute Gasteiger partial charge is 0.227 e. The van der Waals surface area contributed by atoms with Crippen molar-refractivity contribution in [2.24, 2.45) is 0 Å². The largest absolute Gasteiger partial charge is 0.494 e. The molecule has 1 aliphatic heterocycles. The summed E-state index contributed by atoms with van der Waals surface area (Å²) in [6.07, 6.45) is 2.44. The van der Waals surface area contributed by atoms with Crippen LogP contribution in [0.15, 0.2) is 72.8 Å². The Bertz CT molecular complexity index is 1280. The summed E-state index contributed by atoms with van der Waals surface area (Å²) < 4.78 is 8.22. The van der Waals surface area contributed by atoms with Crippen LogP contribution in [0.2, 0.25) is 0 Å². The number of hydrogen-bond acceptors (Lipinski definition) is 3. The van der Waals surface area contributed by atoms with Crippen LogP contribution in [0.25, 0.3) is 11.0 Å². The molecule has 174 valence electrons. The molecule has 0 saturated carbocycles. The summed E-state index contributed by atoms with van der Waals surface area (Å²) in [4.78, 5) is 19.8. The summed E-state index contributed by atoms with van der Waals surface area (Å²) >= 11 is 0. The maximum Gasteiger partial charge on any atom is 0.227 e. The zero-order valence-corrected chi connectivity index (χ0v) is 19.9. The normalized spacial score (nSPS) is 15.9. The van der Waals surface area contributed by atoms with E-state index in [4.69, 9.17) is 9.72 Å². The number of carbonyl (C=O) groups is 1. The third-order valence-corrected chi connectivity index (χ3v) is 6.59. The minimum atomic E-state index is 0.0880. The van der Waals surface area contributed by atoms with Gasteiger partial charge in [0, 0.05) is 31.1 Å². The number of unbranched alkanes of at least 4 members (excludes halogenated alkanes) is 1. The first-order valence-electron chi connectivity index (χ1n) is 12.1. The molecule has 0 aliphatic carbocycles. The van der Waals surface area contributed by atoms with Gasteiger partial charge >= 0.3 is 0 Å². The van der Waals surface area contributed by atoms with Gasteiger partial charge < -0.3 is 14.2 Å². The van der Waals surface area contributed by atoms with E-state index in [-0.39, 0.29) is 11.8 Å². The molecule has 5 rings (SSSR count). The number of hydrogen-bond donors (Lipinski definition) is 0. The number of imidazole rings is 1. The lowest BCUT2D eigenvalue weighted by atomic mass is 10.1. The lowest BCUT2D eigenvalue weighted by Gasteiger charge is -2.18. The van der Waals surface area contributed by atoms with Gasteiger partial charge in [0.1, 0.15) is 11.6 Å². The number of benzene rings is 3. The molecular formula is C29H31N3O2. The van der Waals surface area contributed by atoms with E-state index < -0.39 is 0 Å². The number of rotatable bonds is 8. The van der Waals surface area contributed by atoms with Crippen molar-refractivity contribution in [1.29, 1.82) is 0 Å². The first kappa shape index (κ1) is 22.2. The standard InChI is InChI=1S/C29H31N3O2/c1-21-9-13-24(14-10-21)32-20-23(19-28(32)33)29-30-26-7-3-4-8-27(26)31(29)17-5-6-18-34-25-15-11-22(2)12-16-25/h3-4,7-16,23H,5-6,17-20H2,1-2H3/t23-/m1/s1. The quantitative estimate of drug-likeness (QED) is 0.306. The molecule has 1 aliphatic rings. The van der Waals surface area contributed by atoms with Crippen molar-refractivity contribution in [3.05, 3.63) is 89.7 Å². The molecule has 1 saturated heterocycles. The number of aromatic nitrogens is 2. The molecule has 0 unspecified atom stereocenters. The van der Waals surface area contributed by atoms with Crippen LogP contribution in [0.1, 0.15) is 42.1 Å². The monoisotopic (exact) mass is 453 g/mol. The van der Waals surface area contributed by atoms with Gasteiger partial charge in [-0.25, -0.2) is 4.98 Å². The SMILES string of the molecule is Cc1ccc(OCCCCn2c([C@@H]3CC(=O)N(c4ccc(C)cc4)C3)nc3ccccc32)cc1. The molecule has 0 spiro atoms. The molecule has 0 N–H and O–H groups in total. The predicted octanol–water partition coefficient (Wildman–Crippen LogP) is 6.03. The summed E-state index contributed by atoms with van der Waals surface area (Å²) in [6.45, 7) is 6.36.